The van der Waals surface area contributed by atoms with E-state index < -0.39 is 5.82 Å². The minimum absolute atomic E-state index is 0.0820. The molecule has 1 atom stereocenters. The lowest BCUT2D eigenvalue weighted by molar-refractivity contribution is 0.102. The summed E-state index contributed by atoms with van der Waals surface area (Å²) in [5, 5.41) is 11.1. The van der Waals surface area contributed by atoms with E-state index in [1.807, 2.05) is 6.92 Å². The van der Waals surface area contributed by atoms with E-state index in [0.717, 1.165) is 11.3 Å². The molecule has 0 bridgehead atoms. The highest BCUT2D eigenvalue weighted by Gasteiger charge is 2.11. The Labute approximate surface area is 176 Å². The van der Waals surface area contributed by atoms with Gasteiger partial charge in [0.1, 0.15) is 11.5 Å². The predicted octanol–water partition coefficient (Wildman–Crippen LogP) is 5.24. The van der Waals surface area contributed by atoms with Gasteiger partial charge in [0.15, 0.2) is 5.11 Å². The second-order valence-electron chi connectivity index (χ2n) is 5.90. The first-order valence-corrected chi connectivity index (χ1v) is 9.97. The average Bonchev–Trinajstić information content (AvgIpc) is 3.20. The largest absolute Gasteiger partial charge is 0.356 e. The molecule has 1 unspecified atom stereocenters. The third kappa shape index (κ3) is 5.25. The molecular weight excluding hydrogens is 419 g/mol. The maximum absolute atomic E-state index is 13.6. The SMILES string of the molecule is CC(NC(=S)Nc1ccc(NC(=O)c2cscn2)cc1)c1ccc(Cl)c(F)c1. The van der Waals surface area contributed by atoms with Crippen molar-refractivity contribution in [3.05, 3.63) is 75.5 Å². The zero-order valence-electron chi connectivity index (χ0n) is 14.7. The Morgan fingerprint density at radius 1 is 1.18 bits per heavy atom. The summed E-state index contributed by atoms with van der Waals surface area (Å²) < 4.78 is 13.6. The third-order valence-corrected chi connectivity index (χ3v) is 4.97. The first-order chi connectivity index (χ1) is 13.4. The number of halogens is 2. The first-order valence-electron chi connectivity index (χ1n) is 8.24. The fourth-order valence-electron chi connectivity index (χ4n) is 2.39. The maximum Gasteiger partial charge on any atom is 0.275 e. The molecule has 3 rings (SSSR count). The van der Waals surface area contributed by atoms with Gasteiger partial charge in [0, 0.05) is 16.8 Å². The van der Waals surface area contributed by atoms with Crippen LogP contribution in [0.3, 0.4) is 0 Å². The second kappa shape index (κ2) is 9.09. The standard InChI is InChI=1S/C19H16ClFN4OS2/c1-11(12-2-7-15(20)16(21)8-12)23-19(27)25-14-5-3-13(4-6-14)24-18(26)17-9-28-10-22-17/h2-11H,1H3,(H,24,26)(H2,23,25,27). The Kier molecular flexibility index (Phi) is 6.56. The van der Waals surface area contributed by atoms with Crippen molar-refractivity contribution in [2.75, 3.05) is 10.6 Å². The Hall–Kier alpha value is -2.55. The van der Waals surface area contributed by atoms with Crippen LogP contribution < -0.4 is 16.0 Å². The maximum atomic E-state index is 13.6. The van der Waals surface area contributed by atoms with Crippen LogP contribution in [0.1, 0.15) is 29.0 Å². The Balaban J connectivity index is 1.55. The summed E-state index contributed by atoms with van der Waals surface area (Å²) in [6, 6.07) is 11.5. The van der Waals surface area contributed by atoms with Crippen LogP contribution in [0, 0.1) is 5.82 Å². The van der Waals surface area contributed by atoms with Crippen LogP contribution in [0.4, 0.5) is 15.8 Å². The predicted molar refractivity (Wildman–Crippen MR) is 116 cm³/mol. The fourth-order valence-corrected chi connectivity index (χ4v) is 3.33. The molecule has 0 aliphatic heterocycles. The van der Waals surface area contributed by atoms with Crippen LogP contribution in [-0.2, 0) is 0 Å². The Morgan fingerprint density at radius 2 is 1.86 bits per heavy atom. The van der Waals surface area contributed by atoms with Crippen LogP contribution in [0.25, 0.3) is 0 Å². The van der Waals surface area contributed by atoms with Gasteiger partial charge in [-0.05, 0) is 61.1 Å². The summed E-state index contributed by atoms with van der Waals surface area (Å²) in [5.74, 6) is -0.731. The number of nitrogens with one attached hydrogen (secondary N) is 3. The quantitative estimate of drug-likeness (QED) is 0.479. The minimum atomic E-state index is -0.470. The van der Waals surface area contributed by atoms with E-state index in [1.54, 1.807) is 41.2 Å². The van der Waals surface area contributed by atoms with Gasteiger partial charge in [-0.15, -0.1) is 11.3 Å². The number of thiazole rings is 1. The van der Waals surface area contributed by atoms with Crippen LogP contribution >= 0.6 is 35.2 Å². The van der Waals surface area contributed by atoms with Crippen molar-refractivity contribution in [2.24, 2.45) is 0 Å². The molecule has 0 saturated carbocycles. The lowest BCUT2D eigenvalue weighted by atomic mass is 10.1. The zero-order valence-corrected chi connectivity index (χ0v) is 17.1. The summed E-state index contributed by atoms with van der Waals surface area (Å²) in [6.45, 7) is 1.87. The van der Waals surface area contributed by atoms with Gasteiger partial charge >= 0.3 is 0 Å². The van der Waals surface area contributed by atoms with E-state index in [4.69, 9.17) is 23.8 Å². The number of amides is 1. The summed E-state index contributed by atoms with van der Waals surface area (Å²) in [5.41, 5.74) is 4.11. The van der Waals surface area contributed by atoms with E-state index in [-0.39, 0.29) is 17.0 Å². The first kappa shape index (κ1) is 20.2. The molecule has 0 aliphatic rings. The molecule has 3 N–H and O–H groups in total. The monoisotopic (exact) mass is 434 g/mol. The summed E-state index contributed by atoms with van der Waals surface area (Å²) in [4.78, 5) is 16.0. The normalized spacial score (nSPS) is 11.5. The molecule has 144 valence electrons. The van der Waals surface area contributed by atoms with E-state index in [1.165, 1.54) is 23.5 Å². The molecule has 3 aromatic rings. The van der Waals surface area contributed by atoms with Crippen molar-refractivity contribution in [2.45, 2.75) is 13.0 Å². The highest BCUT2D eigenvalue weighted by molar-refractivity contribution is 7.80. The highest BCUT2D eigenvalue weighted by atomic mass is 35.5. The lowest BCUT2D eigenvalue weighted by Crippen LogP contribution is -2.30. The molecule has 5 nitrogen and oxygen atoms in total. The molecular formula is C19H16ClFN4OS2. The van der Waals surface area contributed by atoms with Gasteiger partial charge in [-0.1, -0.05) is 17.7 Å². The smallest absolute Gasteiger partial charge is 0.275 e. The molecule has 28 heavy (non-hydrogen) atoms. The number of aromatic nitrogens is 1. The molecule has 0 radical (unpaired) electrons. The van der Waals surface area contributed by atoms with E-state index >= 15 is 0 Å². The number of thiocarbonyl (C=S) groups is 1. The molecule has 0 fully saturated rings. The molecule has 9 heteroatoms. The van der Waals surface area contributed by atoms with Gasteiger partial charge in [-0.2, -0.15) is 0 Å². The van der Waals surface area contributed by atoms with Crippen molar-refractivity contribution in [1.82, 2.24) is 10.3 Å². The second-order valence-corrected chi connectivity index (χ2v) is 7.43. The van der Waals surface area contributed by atoms with Gasteiger partial charge in [-0.3, -0.25) is 4.79 Å². The van der Waals surface area contributed by atoms with E-state index in [2.05, 4.69) is 20.9 Å². The fraction of sp³-hybridized carbons (Fsp3) is 0.105. The summed E-state index contributed by atoms with van der Waals surface area (Å²) >= 11 is 12.4. The number of nitrogens with zero attached hydrogens (tertiary/aromatic N) is 1. The van der Waals surface area contributed by atoms with Gasteiger partial charge < -0.3 is 16.0 Å². The molecule has 0 saturated heterocycles. The van der Waals surface area contributed by atoms with Gasteiger partial charge in [0.25, 0.3) is 5.91 Å². The Morgan fingerprint density at radius 3 is 2.46 bits per heavy atom. The molecule has 2 aromatic carbocycles. The van der Waals surface area contributed by atoms with Crippen LogP contribution in [-0.4, -0.2) is 16.0 Å². The van der Waals surface area contributed by atoms with Crippen molar-refractivity contribution in [3.63, 3.8) is 0 Å². The minimum Gasteiger partial charge on any atom is -0.356 e. The van der Waals surface area contributed by atoms with E-state index in [9.17, 15) is 9.18 Å². The lowest BCUT2D eigenvalue weighted by Gasteiger charge is -2.18. The zero-order chi connectivity index (χ0) is 20.1. The van der Waals surface area contributed by atoms with Crippen LogP contribution in [0.5, 0.6) is 0 Å². The van der Waals surface area contributed by atoms with Gasteiger partial charge in [0.2, 0.25) is 0 Å². The van der Waals surface area contributed by atoms with Crippen molar-refractivity contribution >= 4 is 57.5 Å². The molecule has 0 spiro atoms. The van der Waals surface area contributed by atoms with Crippen molar-refractivity contribution in [3.8, 4) is 0 Å². The number of benzene rings is 2. The number of carbonyl (C=O) groups excluding carboxylic acids is 1. The van der Waals surface area contributed by atoms with Crippen LogP contribution in [0.15, 0.2) is 53.4 Å². The highest BCUT2D eigenvalue weighted by Crippen LogP contribution is 2.20. The van der Waals surface area contributed by atoms with E-state index in [0.29, 0.717) is 16.5 Å². The summed E-state index contributed by atoms with van der Waals surface area (Å²) in [7, 11) is 0. The Bertz CT molecular complexity index is 980. The number of hydrogen-bond donors (Lipinski definition) is 3. The van der Waals surface area contributed by atoms with Gasteiger partial charge in [-0.25, -0.2) is 9.37 Å². The average molecular weight is 435 g/mol. The number of rotatable bonds is 5. The van der Waals surface area contributed by atoms with Crippen molar-refractivity contribution in [1.29, 1.82) is 0 Å². The molecule has 1 aromatic heterocycles. The van der Waals surface area contributed by atoms with Gasteiger partial charge in [0.05, 0.1) is 16.6 Å². The van der Waals surface area contributed by atoms with Crippen LogP contribution in [0.2, 0.25) is 5.02 Å². The molecule has 1 amide bonds. The third-order valence-electron chi connectivity index (χ3n) is 3.86. The topological polar surface area (TPSA) is 66.0 Å². The molecule has 0 aliphatic carbocycles. The number of carbonyl (C=O) groups is 1. The van der Waals surface area contributed by atoms with Crippen molar-refractivity contribution < 1.29 is 9.18 Å². The number of hydrogen-bond acceptors (Lipinski definition) is 4. The number of anilines is 2. The summed E-state index contributed by atoms with van der Waals surface area (Å²) in [6.07, 6.45) is 0. The molecule has 1 heterocycles.